The van der Waals surface area contributed by atoms with Gasteiger partial charge in [-0.2, -0.15) is 0 Å². The minimum atomic E-state index is -1.19. The number of nitrogens with one attached hydrogen (secondary N) is 2. The summed E-state index contributed by atoms with van der Waals surface area (Å²) in [5.41, 5.74) is 0.260. The van der Waals surface area contributed by atoms with Gasteiger partial charge in [0, 0.05) is 6.54 Å². The van der Waals surface area contributed by atoms with Crippen LogP contribution in [-0.2, 0) is 21.7 Å². The largest absolute Gasteiger partial charge is 0.493 e. The Hall–Kier alpha value is -3.55. The number of hydrogen-bond donors (Lipinski definition) is 2. The first-order chi connectivity index (χ1) is 13.9. The molecule has 1 heterocycles. The zero-order valence-corrected chi connectivity index (χ0v) is 16.5. The molecule has 2 aromatic carbocycles. The van der Waals surface area contributed by atoms with E-state index in [9.17, 15) is 14.4 Å². The summed E-state index contributed by atoms with van der Waals surface area (Å²) in [4.78, 5) is 38.4. The molecule has 2 N–H and O–H groups in total. The Morgan fingerprint density at radius 3 is 2.41 bits per heavy atom. The second-order valence-electron chi connectivity index (χ2n) is 6.78. The molecule has 2 aromatic rings. The number of imide groups is 1. The standard InChI is InChI=1S/C21H23N3O5/c1-21(15-7-5-4-6-8-15)19(26)24(20(27)23-21)13-18(25)22-12-14-9-10-16(28-2)17(11-14)29-3/h4-11H,12-13H2,1-3H3,(H,22,25)(H,23,27)/t21-/m1/s1. The molecule has 3 rings (SSSR count). The molecule has 8 heteroatoms. The maximum Gasteiger partial charge on any atom is 0.325 e. The van der Waals surface area contributed by atoms with Gasteiger partial charge in [0.15, 0.2) is 11.5 Å². The smallest absolute Gasteiger partial charge is 0.325 e. The summed E-state index contributed by atoms with van der Waals surface area (Å²) in [6, 6.07) is 13.6. The van der Waals surface area contributed by atoms with Crippen molar-refractivity contribution < 1.29 is 23.9 Å². The van der Waals surface area contributed by atoms with Crippen molar-refractivity contribution in [3.63, 3.8) is 0 Å². The maximum atomic E-state index is 12.8. The minimum absolute atomic E-state index is 0.221. The van der Waals surface area contributed by atoms with Crippen LogP contribution >= 0.6 is 0 Å². The lowest BCUT2D eigenvalue weighted by atomic mass is 9.92. The molecule has 1 aliphatic heterocycles. The molecule has 29 heavy (non-hydrogen) atoms. The molecule has 1 aliphatic rings. The van der Waals surface area contributed by atoms with Crippen LogP contribution < -0.4 is 20.1 Å². The Labute approximate surface area is 168 Å². The van der Waals surface area contributed by atoms with Crippen molar-refractivity contribution in [3.05, 3.63) is 59.7 Å². The Morgan fingerprint density at radius 2 is 1.76 bits per heavy atom. The predicted octanol–water partition coefficient (Wildman–Crippen LogP) is 1.79. The topological polar surface area (TPSA) is 97.0 Å². The first-order valence-corrected chi connectivity index (χ1v) is 9.06. The third-order valence-electron chi connectivity index (χ3n) is 4.87. The Morgan fingerprint density at radius 1 is 1.07 bits per heavy atom. The average molecular weight is 397 g/mol. The van der Waals surface area contributed by atoms with E-state index < -0.39 is 23.4 Å². The number of rotatable bonds is 7. The third-order valence-corrected chi connectivity index (χ3v) is 4.87. The summed E-state index contributed by atoms with van der Waals surface area (Å²) in [6.07, 6.45) is 0. The van der Waals surface area contributed by atoms with E-state index in [4.69, 9.17) is 9.47 Å². The average Bonchev–Trinajstić information content (AvgIpc) is 2.96. The molecule has 1 fully saturated rings. The number of ether oxygens (including phenoxy) is 2. The number of hydrogen-bond acceptors (Lipinski definition) is 5. The molecule has 0 aliphatic carbocycles. The maximum absolute atomic E-state index is 12.8. The van der Waals surface area contributed by atoms with Crippen molar-refractivity contribution in [1.29, 1.82) is 0 Å². The van der Waals surface area contributed by atoms with Crippen molar-refractivity contribution in [1.82, 2.24) is 15.5 Å². The molecule has 0 bridgehead atoms. The van der Waals surface area contributed by atoms with E-state index in [1.165, 1.54) is 7.11 Å². The van der Waals surface area contributed by atoms with E-state index in [-0.39, 0.29) is 13.1 Å². The Kier molecular flexibility index (Phi) is 5.72. The van der Waals surface area contributed by atoms with Crippen LogP contribution in [0.4, 0.5) is 4.79 Å². The van der Waals surface area contributed by atoms with E-state index in [0.717, 1.165) is 10.5 Å². The van der Waals surface area contributed by atoms with Gasteiger partial charge in [-0.15, -0.1) is 0 Å². The highest BCUT2D eigenvalue weighted by Crippen LogP contribution is 2.29. The van der Waals surface area contributed by atoms with E-state index in [1.54, 1.807) is 56.5 Å². The van der Waals surface area contributed by atoms with Gasteiger partial charge in [-0.25, -0.2) is 4.79 Å². The molecule has 8 nitrogen and oxygen atoms in total. The molecule has 0 unspecified atom stereocenters. The van der Waals surface area contributed by atoms with Crippen molar-refractivity contribution in [3.8, 4) is 11.5 Å². The number of amides is 4. The highest BCUT2D eigenvalue weighted by atomic mass is 16.5. The fourth-order valence-corrected chi connectivity index (χ4v) is 3.20. The summed E-state index contributed by atoms with van der Waals surface area (Å²) in [5, 5.41) is 5.39. The van der Waals surface area contributed by atoms with Crippen molar-refractivity contribution in [2.24, 2.45) is 0 Å². The number of methoxy groups -OCH3 is 2. The fraction of sp³-hybridized carbons (Fsp3) is 0.286. The van der Waals surface area contributed by atoms with Gasteiger partial charge in [0.1, 0.15) is 12.1 Å². The molecule has 0 saturated carbocycles. The summed E-state index contributed by atoms with van der Waals surface area (Å²) < 4.78 is 10.4. The van der Waals surface area contributed by atoms with Crippen LogP contribution in [0.5, 0.6) is 11.5 Å². The number of carbonyl (C=O) groups is 3. The Balaban J connectivity index is 1.64. The summed E-state index contributed by atoms with van der Waals surface area (Å²) in [5.74, 6) is 0.227. The third kappa shape index (κ3) is 4.01. The Bertz CT molecular complexity index is 931. The van der Waals surface area contributed by atoms with Crippen LogP contribution in [-0.4, -0.2) is 43.5 Å². The van der Waals surface area contributed by atoms with E-state index in [2.05, 4.69) is 10.6 Å². The van der Waals surface area contributed by atoms with Crippen LogP contribution in [0.15, 0.2) is 48.5 Å². The van der Waals surface area contributed by atoms with E-state index in [0.29, 0.717) is 17.1 Å². The van der Waals surface area contributed by atoms with Crippen LogP contribution in [0.2, 0.25) is 0 Å². The van der Waals surface area contributed by atoms with Gasteiger partial charge >= 0.3 is 6.03 Å². The van der Waals surface area contributed by atoms with Crippen LogP contribution in [0.25, 0.3) is 0 Å². The predicted molar refractivity (Wildman–Crippen MR) is 105 cm³/mol. The fourth-order valence-electron chi connectivity index (χ4n) is 3.20. The minimum Gasteiger partial charge on any atom is -0.493 e. The highest BCUT2D eigenvalue weighted by Gasteiger charge is 2.49. The van der Waals surface area contributed by atoms with Crippen LogP contribution in [0, 0.1) is 0 Å². The van der Waals surface area contributed by atoms with Crippen molar-refractivity contribution in [2.75, 3.05) is 20.8 Å². The van der Waals surface area contributed by atoms with E-state index >= 15 is 0 Å². The SMILES string of the molecule is COc1ccc(CNC(=O)CN2C(=O)N[C@](C)(c3ccccc3)C2=O)cc1OC. The zero-order chi connectivity index (χ0) is 21.0. The number of urea groups is 1. The molecule has 1 saturated heterocycles. The molecule has 0 radical (unpaired) electrons. The summed E-state index contributed by atoms with van der Waals surface area (Å²) in [6.45, 7) is 1.49. The normalized spacial score (nSPS) is 18.4. The number of carbonyl (C=O) groups excluding carboxylic acids is 3. The van der Waals surface area contributed by atoms with Gasteiger partial charge in [-0.05, 0) is 30.2 Å². The van der Waals surface area contributed by atoms with Gasteiger partial charge in [0.2, 0.25) is 5.91 Å². The van der Waals surface area contributed by atoms with Crippen LogP contribution in [0.3, 0.4) is 0 Å². The highest BCUT2D eigenvalue weighted by molar-refractivity contribution is 6.09. The van der Waals surface area contributed by atoms with Gasteiger partial charge in [0.05, 0.1) is 14.2 Å². The first kappa shape index (κ1) is 20.2. The van der Waals surface area contributed by atoms with Gasteiger partial charge in [-0.1, -0.05) is 36.4 Å². The summed E-state index contributed by atoms with van der Waals surface area (Å²) in [7, 11) is 3.07. The first-order valence-electron chi connectivity index (χ1n) is 9.06. The second kappa shape index (κ2) is 8.22. The summed E-state index contributed by atoms with van der Waals surface area (Å²) >= 11 is 0. The molecule has 0 spiro atoms. The molecule has 152 valence electrons. The quantitative estimate of drug-likeness (QED) is 0.695. The van der Waals surface area contributed by atoms with Gasteiger partial charge < -0.3 is 20.1 Å². The van der Waals surface area contributed by atoms with Gasteiger partial charge in [0.25, 0.3) is 5.91 Å². The molecule has 0 aromatic heterocycles. The van der Waals surface area contributed by atoms with Crippen molar-refractivity contribution in [2.45, 2.75) is 19.0 Å². The van der Waals surface area contributed by atoms with Crippen LogP contribution in [0.1, 0.15) is 18.1 Å². The molecule has 1 atom stereocenters. The number of nitrogens with zero attached hydrogens (tertiary/aromatic N) is 1. The second-order valence-corrected chi connectivity index (χ2v) is 6.78. The van der Waals surface area contributed by atoms with E-state index in [1.807, 2.05) is 6.07 Å². The van der Waals surface area contributed by atoms with Gasteiger partial charge in [-0.3, -0.25) is 14.5 Å². The lowest BCUT2D eigenvalue weighted by molar-refractivity contribution is -0.134. The zero-order valence-electron chi connectivity index (χ0n) is 16.5. The lowest BCUT2D eigenvalue weighted by Crippen LogP contribution is -2.43. The lowest BCUT2D eigenvalue weighted by Gasteiger charge is -2.22. The monoisotopic (exact) mass is 397 g/mol. The number of benzene rings is 2. The van der Waals surface area contributed by atoms with Crippen molar-refractivity contribution >= 4 is 17.8 Å². The molecular weight excluding hydrogens is 374 g/mol. The molecular formula is C21H23N3O5. The molecule has 4 amide bonds.